The third-order valence-corrected chi connectivity index (χ3v) is 5.53. The Balaban J connectivity index is 1.34. The molecule has 2 aliphatic heterocycles. The van der Waals surface area contributed by atoms with Crippen LogP contribution in [0.3, 0.4) is 0 Å². The van der Waals surface area contributed by atoms with Crippen LogP contribution in [0.5, 0.6) is 5.75 Å². The number of benzene rings is 2. The molecule has 2 heterocycles. The van der Waals surface area contributed by atoms with Gasteiger partial charge in [0, 0.05) is 22.3 Å². The van der Waals surface area contributed by atoms with E-state index in [1.807, 2.05) is 6.07 Å². The van der Waals surface area contributed by atoms with E-state index in [0.717, 1.165) is 20.6 Å². The summed E-state index contributed by atoms with van der Waals surface area (Å²) in [6.07, 6.45) is 0.0231. The second kappa shape index (κ2) is 8.45. The number of hydrogen-bond donors (Lipinski definition) is 2. The number of urea groups is 1. The predicted octanol–water partition coefficient (Wildman–Crippen LogP) is 2.54. The van der Waals surface area contributed by atoms with Gasteiger partial charge >= 0.3 is 6.03 Å². The second-order valence-electron chi connectivity index (χ2n) is 7.18. The first-order valence-electron chi connectivity index (χ1n) is 9.52. The number of ether oxygens (including phenoxy) is 1. The average Bonchev–Trinajstić information content (AvgIpc) is 3.01. The summed E-state index contributed by atoms with van der Waals surface area (Å²) >= 11 is 3.34. The number of aryl methyl sites for hydroxylation is 1. The summed E-state index contributed by atoms with van der Waals surface area (Å²) in [5.74, 6) is 0.176. The van der Waals surface area contributed by atoms with Crippen molar-refractivity contribution in [3.8, 4) is 5.75 Å². The van der Waals surface area contributed by atoms with E-state index in [1.54, 1.807) is 36.4 Å². The summed E-state index contributed by atoms with van der Waals surface area (Å²) in [7, 11) is 0. The van der Waals surface area contributed by atoms with E-state index < -0.39 is 12.1 Å². The monoisotopic (exact) mass is 473 g/mol. The number of aliphatic hydroxyl groups is 1. The van der Waals surface area contributed by atoms with Crippen molar-refractivity contribution in [2.75, 3.05) is 29.9 Å². The highest BCUT2D eigenvalue weighted by Crippen LogP contribution is 2.27. The predicted molar refractivity (Wildman–Crippen MR) is 113 cm³/mol. The molecule has 0 aliphatic carbocycles. The number of halogens is 1. The van der Waals surface area contributed by atoms with Gasteiger partial charge in [0.15, 0.2) is 0 Å². The molecule has 2 aromatic carbocycles. The number of anilines is 2. The van der Waals surface area contributed by atoms with Crippen LogP contribution >= 0.6 is 15.9 Å². The zero-order valence-corrected chi connectivity index (χ0v) is 17.6. The fourth-order valence-electron chi connectivity index (χ4n) is 3.45. The Labute approximate surface area is 181 Å². The molecule has 2 aromatic rings. The number of β-amino-alcohol motifs (C(OH)–C–C–N with tert-alkyl or cyclic N) is 1. The first-order valence-corrected chi connectivity index (χ1v) is 10.3. The highest BCUT2D eigenvalue weighted by atomic mass is 79.9. The smallest absolute Gasteiger partial charge is 0.331 e. The van der Waals surface area contributed by atoms with Crippen LogP contribution in [-0.2, 0) is 16.0 Å². The molecule has 2 N–H and O–H groups in total. The molecule has 0 saturated carbocycles. The van der Waals surface area contributed by atoms with Crippen molar-refractivity contribution >= 4 is 45.2 Å². The molecule has 0 radical (unpaired) electrons. The lowest BCUT2D eigenvalue weighted by Crippen LogP contribution is -2.40. The van der Waals surface area contributed by atoms with Gasteiger partial charge in [0.25, 0.3) is 5.91 Å². The van der Waals surface area contributed by atoms with E-state index in [1.165, 1.54) is 4.90 Å². The molecule has 156 valence electrons. The highest BCUT2D eigenvalue weighted by Gasteiger charge is 2.37. The normalized spacial score (nSPS) is 17.1. The molecule has 9 heteroatoms. The van der Waals surface area contributed by atoms with Crippen LogP contribution in [0.15, 0.2) is 46.9 Å². The maximum atomic E-state index is 12.6. The van der Waals surface area contributed by atoms with Gasteiger partial charge in [-0.05, 0) is 54.4 Å². The van der Waals surface area contributed by atoms with Crippen molar-refractivity contribution in [2.24, 2.45) is 0 Å². The van der Waals surface area contributed by atoms with Crippen molar-refractivity contribution in [2.45, 2.75) is 18.9 Å². The van der Waals surface area contributed by atoms with E-state index in [2.05, 4.69) is 21.2 Å². The number of carbonyl (C=O) groups is 3. The van der Waals surface area contributed by atoms with Gasteiger partial charge < -0.3 is 15.2 Å². The number of carbonyl (C=O) groups excluding carboxylic acids is 3. The van der Waals surface area contributed by atoms with Crippen LogP contribution in [0.2, 0.25) is 0 Å². The Morgan fingerprint density at radius 1 is 1.10 bits per heavy atom. The van der Waals surface area contributed by atoms with E-state index >= 15 is 0 Å². The maximum Gasteiger partial charge on any atom is 0.331 e. The van der Waals surface area contributed by atoms with Gasteiger partial charge in [0.2, 0.25) is 5.91 Å². The van der Waals surface area contributed by atoms with Gasteiger partial charge in [0.1, 0.15) is 25.0 Å². The minimum atomic E-state index is -1.03. The first-order chi connectivity index (χ1) is 14.4. The Bertz CT molecular complexity index is 995. The summed E-state index contributed by atoms with van der Waals surface area (Å²) in [4.78, 5) is 38.8. The average molecular weight is 474 g/mol. The zero-order valence-electron chi connectivity index (χ0n) is 16.0. The van der Waals surface area contributed by atoms with E-state index in [-0.39, 0.29) is 31.5 Å². The number of nitrogens with zero attached hydrogens (tertiary/aromatic N) is 2. The highest BCUT2D eigenvalue weighted by molar-refractivity contribution is 9.10. The quantitative estimate of drug-likeness (QED) is 0.628. The summed E-state index contributed by atoms with van der Waals surface area (Å²) < 4.78 is 6.51. The van der Waals surface area contributed by atoms with E-state index in [0.29, 0.717) is 24.3 Å². The lowest BCUT2D eigenvalue weighted by Gasteiger charge is -2.21. The van der Waals surface area contributed by atoms with Crippen molar-refractivity contribution in [3.05, 3.63) is 52.5 Å². The van der Waals surface area contributed by atoms with Crippen molar-refractivity contribution in [3.63, 3.8) is 0 Å². The minimum absolute atomic E-state index is 0.0104. The fraction of sp³-hybridized carbons (Fsp3) is 0.286. The topological polar surface area (TPSA) is 99.2 Å². The Morgan fingerprint density at radius 2 is 1.87 bits per heavy atom. The second-order valence-corrected chi connectivity index (χ2v) is 8.10. The van der Waals surface area contributed by atoms with Gasteiger partial charge in [-0.25, -0.2) is 4.79 Å². The van der Waals surface area contributed by atoms with Crippen LogP contribution in [0.4, 0.5) is 16.2 Å². The molecule has 1 unspecified atom stereocenters. The molecule has 4 amide bonds. The van der Waals surface area contributed by atoms with Crippen LogP contribution in [0.25, 0.3) is 0 Å². The van der Waals surface area contributed by atoms with Crippen LogP contribution in [-0.4, -0.2) is 53.7 Å². The molecule has 2 aliphatic rings. The summed E-state index contributed by atoms with van der Waals surface area (Å²) in [5, 5.41) is 13.1. The molecule has 0 spiro atoms. The Kier molecular flexibility index (Phi) is 5.74. The molecule has 4 rings (SSSR count). The zero-order chi connectivity index (χ0) is 21.3. The molecule has 0 aromatic heterocycles. The van der Waals surface area contributed by atoms with Gasteiger partial charge in [-0.2, -0.15) is 0 Å². The third-order valence-electron chi connectivity index (χ3n) is 5.00. The molecule has 1 fully saturated rings. The van der Waals surface area contributed by atoms with E-state index in [9.17, 15) is 19.5 Å². The fourth-order valence-corrected chi connectivity index (χ4v) is 3.71. The van der Waals surface area contributed by atoms with Gasteiger partial charge in [-0.15, -0.1) is 0 Å². The number of amides is 4. The minimum Gasteiger partial charge on any atom is -0.491 e. The van der Waals surface area contributed by atoms with Crippen molar-refractivity contribution in [1.82, 2.24) is 4.90 Å². The summed E-state index contributed by atoms with van der Waals surface area (Å²) in [6, 6.07) is 11.9. The molecule has 1 saturated heterocycles. The standard InChI is InChI=1S/C21H20BrN3O5/c22-14-2-4-15(5-3-14)24-11-20(28)25(21(24)29)10-16(26)12-30-17-6-7-18-13(9-17)1-8-19(27)23-18/h2-7,9,16,26H,1,8,10-12H2,(H,23,27). The van der Waals surface area contributed by atoms with Crippen LogP contribution in [0, 0.1) is 0 Å². The largest absolute Gasteiger partial charge is 0.491 e. The summed E-state index contributed by atoms with van der Waals surface area (Å²) in [6.45, 7) is -0.281. The first kappa shape index (κ1) is 20.4. The molecule has 0 bridgehead atoms. The number of aliphatic hydroxyl groups excluding tert-OH is 1. The van der Waals surface area contributed by atoms with Crippen molar-refractivity contribution < 1.29 is 24.2 Å². The van der Waals surface area contributed by atoms with Gasteiger partial charge in [-0.3, -0.25) is 19.4 Å². The number of nitrogens with one attached hydrogen (secondary N) is 1. The third kappa shape index (κ3) is 4.31. The van der Waals surface area contributed by atoms with Gasteiger partial charge in [-0.1, -0.05) is 15.9 Å². The molecule has 30 heavy (non-hydrogen) atoms. The Hall–Kier alpha value is -2.91. The molecule has 1 atom stereocenters. The lowest BCUT2D eigenvalue weighted by molar-refractivity contribution is -0.126. The Morgan fingerprint density at radius 3 is 2.63 bits per heavy atom. The lowest BCUT2D eigenvalue weighted by atomic mass is 10.0. The number of imide groups is 1. The van der Waals surface area contributed by atoms with Crippen LogP contribution < -0.4 is 15.0 Å². The van der Waals surface area contributed by atoms with Gasteiger partial charge in [0.05, 0.1) is 6.54 Å². The summed E-state index contributed by atoms with van der Waals surface area (Å²) in [5.41, 5.74) is 2.35. The number of rotatable bonds is 6. The number of hydrogen-bond acceptors (Lipinski definition) is 5. The van der Waals surface area contributed by atoms with Crippen LogP contribution in [0.1, 0.15) is 12.0 Å². The maximum absolute atomic E-state index is 12.6. The molecular weight excluding hydrogens is 454 g/mol. The SMILES string of the molecule is O=C1CCc2cc(OCC(O)CN3C(=O)CN(c4ccc(Br)cc4)C3=O)ccc2N1. The van der Waals surface area contributed by atoms with E-state index in [4.69, 9.17) is 4.74 Å². The molecular formula is C21H20BrN3O5. The molecule has 8 nitrogen and oxygen atoms in total. The number of fused-ring (bicyclic) bond motifs is 1. The van der Waals surface area contributed by atoms with Crippen molar-refractivity contribution in [1.29, 1.82) is 0 Å².